The minimum Gasteiger partial charge on any atom is -0.376 e. The molecule has 2 rings (SSSR count). The van der Waals surface area contributed by atoms with Gasteiger partial charge in [0.05, 0.1) is 17.6 Å². The molecule has 0 aliphatic carbocycles. The Morgan fingerprint density at radius 2 is 2.06 bits per heavy atom. The van der Waals surface area contributed by atoms with Crippen LogP contribution in [0.3, 0.4) is 0 Å². The summed E-state index contributed by atoms with van der Waals surface area (Å²) in [6.45, 7) is 7.01. The molecule has 1 aromatic rings. The fourth-order valence-electron chi connectivity index (χ4n) is 2.23. The molecule has 0 amide bonds. The fraction of sp³-hybridized carbons (Fsp3) is 0.538. The first kappa shape index (κ1) is 13.5. The molecule has 5 heteroatoms. The van der Waals surface area contributed by atoms with Gasteiger partial charge < -0.3 is 4.74 Å². The van der Waals surface area contributed by atoms with E-state index in [-0.39, 0.29) is 6.10 Å². The molecule has 1 heterocycles. The van der Waals surface area contributed by atoms with E-state index in [2.05, 4.69) is 0 Å². The van der Waals surface area contributed by atoms with Crippen molar-refractivity contribution in [3.63, 3.8) is 0 Å². The lowest BCUT2D eigenvalue weighted by molar-refractivity contribution is 0.0102. The van der Waals surface area contributed by atoms with E-state index in [1.165, 1.54) is 4.31 Å². The summed E-state index contributed by atoms with van der Waals surface area (Å²) in [5, 5.41) is 0. The second-order valence-corrected chi connectivity index (χ2v) is 6.72. The molecule has 1 saturated heterocycles. The summed E-state index contributed by atoms with van der Waals surface area (Å²) < 4.78 is 32.0. The Labute approximate surface area is 109 Å². The monoisotopic (exact) mass is 269 g/mol. The standard InChI is InChI=1S/C13H19NO3S/c1-10-4-5-13(11(2)8-10)18(15,16)14-6-7-17-12(3)9-14/h4-5,8,12H,6-7,9H2,1-3H3. The molecule has 18 heavy (non-hydrogen) atoms. The minimum absolute atomic E-state index is 0.0423. The average molecular weight is 269 g/mol. The van der Waals surface area contributed by atoms with Crippen molar-refractivity contribution >= 4 is 10.0 Å². The zero-order valence-corrected chi connectivity index (χ0v) is 11.8. The zero-order valence-electron chi connectivity index (χ0n) is 11.0. The average Bonchev–Trinajstić information content (AvgIpc) is 2.28. The van der Waals surface area contributed by atoms with Crippen LogP contribution in [0.5, 0.6) is 0 Å². The molecule has 0 aromatic heterocycles. The summed E-state index contributed by atoms with van der Waals surface area (Å²) >= 11 is 0. The van der Waals surface area contributed by atoms with Gasteiger partial charge in [-0.25, -0.2) is 8.42 Å². The molecule has 1 fully saturated rings. The van der Waals surface area contributed by atoms with Gasteiger partial charge in [-0.05, 0) is 32.4 Å². The summed E-state index contributed by atoms with van der Waals surface area (Å²) in [5.74, 6) is 0. The quantitative estimate of drug-likeness (QED) is 0.821. The molecule has 100 valence electrons. The van der Waals surface area contributed by atoms with E-state index in [0.29, 0.717) is 24.6 Å². The summed E-state index contributed by atoms with van der Waals surface area (Å²) in [5.41, 5.74) is 1.87. The van der Waals surface area contributed by atoms with Crippen LogP contribution in [0.1, 0.15) is 18.1 Å². The Bertz CT molecular complexity index is 539. The molecular weight excluding hydrogens is 250 g/mol. The molecule has 1 unspecified atom stereocenters. The molecule has 4 nitrogen and oxygen atoms in total. The third kappa shape index (κ3) is 2.58. The van der Waals surface area contributed by atoms with Gasteiger partial charge in [0.2, 0.25) is 10.0 Å². The largest absolute Gasteiger partial charge is 0.376 e. The highest BCUT2D eigenvalue weighted by Crippen LogP contribution is 2.22. The topological polar surface area (TPSA) is 46.6 Å². The summed E-state index contributed by atoms with van der Waals surface area (Å²) in [7, 11) is -3.39. The predicted octanol–water partition coefficient (Wildman–Crippen LogP) is 1.71. The van der Waals surface area contributed by atoms with Crippen molar-refractivity contribution in [3.05, 3.63) is 29.3 Å². The number of sulfonamides is 1. The molecular formula is C13H19NO3S. The number of benzene rings is 1. The zero-order chi connectivity index (χ0) is 13.3. The van der Waals surface area contributed by atoms with E-state index in [1.807, 2.05) is 32.9 Å². The van der Waals surface area contributed by atoms with Crippen molar-refractivity contribution in [2.24, 2.45) is 0 Å². The van der Waals surface area contributed by atoms with Gasteiger partial charge in [0.1, 0.15) is 0 Å². The summed E-state index contributed by atoms with van der Waals surface area (Å²) in [6.07, 6.45) is -0.0423. The molecule has 1 atom stereocenters. The predicted molar refractivity (Wildman–Crippen MR) is 70.1 cm³/mol. The lowest BCUT2D eigenvalue weighted by Crippen LogP contribution is -2.44. The number of nitrogens with zero attached hydrogens (tertiary/aromatic N) is 1. The number of hydrogen-bond donors (Lipinski definition) is 0. The van der Waals surface area contributed by atoms with Crippen LogP contribution in [-0.4, -0.2) is 38.5 Å². The lowest BCUT2D eigenvalue weighted by atomic mass is 10.2. The fourth-order valence-corrected chi connectivity index (χ4v) is 3.94. The van der Waals surface area contributed by atoms with Gasteiger partial charge >= 0.3 is 0 Å². The SMILES string of the molecule is Cc1ccc(S(=O)(=O)N2CCOC(C)C2)c(C)c1. The van der Waals surface area contributed by atoms with E-state index in [0.717, 1.165) is 11.1 Å². The Kier molecular flexibility index (Phi) is 3.75. The lowest BCUT2D eigenvalue weighted by Gasteiger charge is -2.30. The Morgan fingerprint density at radius 3 is 2.67 bits per heavy atom. The number of morpholine rings is 1. The number of rotatable bonds is 2. The Hall–Kier alpha value is -0.910. The maximum absolute atomic E-state index is 12.5. The molecule has 0 spiro atoms. The number of aryl methyl sites for hydroxylation is 2. The van der Waals surface area contributed by atoms with Crippen molar-refractivity contribution in [2.45, 2.75) is 31.8 Å². The van der Waals surface area contributed by atoms with Crippen LogP contribution >= 0.6 is 0 Å². The van der Waals surface area contributed by atoms with Crippen molar-refractivity contribution in [3.8, 4) is 0 Å². The van der Waals surface area contributed by atoms with E-state index < -0.39 is 10.0 Å². The first-order valence-corrected chi connectivity index (χ1v) is 7.54. The molecule has 0 saturated carbocycles. The first-order chi connectivity index (χ1) is 8.41. The van der Waals surface area contributed by atoms with Crippen LogP contribution in [0, 0.1) is 13.8 Å². The van der Waals surface area contributed by atoms with Crippen LogP contribution < -0.4 is 0 Å². The third-order valence-electron chi connectivity index (χ3n) is 3.15. The normalized spacial score (nSPS) is 22.1. The number of hydrogen-bond acceptors (Lipinski definition) is 3. The van der Waals surface area contributed by atoms with Gasteiger partial charge in [-0.15, -0.1) is 0 Å². The highest BCUT2D eigenvalue weighted by molar-refractivity contribution is 7.89. The van der Waals surface area contributed by atoms with E-state index in [9.17, 15) is 8.42 Å². The second kappa shape index (κ2) is 4.99. The van der Waals surface area contributed by atoms with E-state index in [1.54, 1.807) is 6.07 Å². The van der Waals surface area contributed by atoms with Crippen LogP contribution in [0.15, 0.2) is 23.1 Å². The summed E-state index contributed by atoms with van der Waals surface area (Å²) in [4.78, 5) is 0.405. The van der Waals surface area contributed by atoms with Crippen LogP contribution in [-0.2, 0) is 14.8 Å². The van der Waals surface area contributed by atoms with Crippen LogP contribution in [0.4, 0.5) is 0 Å². The van der Waals surface area contributed by atoms with Gasteiger partial charge in [0, 0.05) is 13.1 Å². The van der Waals surface area contributed by atoms with E-state index >= 15 is 0 Å². The first-order valence-electron chi connectivity index (χ1n) is 6.10. The summed E-state index contributed by atoms with van der Waals surface area (Å²) in [6, 6.07) is 5.43. The van der Waals surface area contributed by atoms with Crippen LogP contribution in [0.25, 0.3) is 0 Å². The maximum atomic E-state index is 12.5. The van der Waals surface area contributed by atoms with E-state index in [4.69, 9.17) is 4.74 Å². The minimum atomic E-state index is -3.39. The van der Waals surface area contributed by atoms with Crippen molar-refractivity contribution in [1.29, 1.82) is 0 Å². The van der Waals surface area contributed by atoms with Gasteiger partial charge in [-0.2, -0.15) is 4.31 Å². The molecule has 0 radical (unpaired) electrons. The van der Waals surface area contributed by atoms with Crippen molar-refractivity contribution in [1.82, 2.24) is 4.31 Å². The molecule has 1 aromatic carbocycles. The smallest absolute Gasteiger partial charge is 0.243 e. The highest BCUT2D eigenvalue weighted by Gasteiger charge is 2.29. The molecule has 0 bridgehead atoms. The van der Waals surface area contributed by atoms with Crippen molar-refractivity contribution in [2.75, 3.05) is 19.7 Å². The number of ether oxygens (including phenoxy) is 1. The maximum Gasteiger partial charge on any atom is 0.243 e. The molecule has 1 aliphatic heterocycles. The Balaban J connectivity index is 2.35. The molecule has 0 N–H and O–H groups in total. The Morgan fingerprint density at radius 1 is 1.33 bits per heavy atom. The van der Waals surface area contributed by atoms with Gasteiger partial charge in [0.15, 0.2) is 0 Å². The molecule has 1 aliphatic rings. The second-order valence-electron chi connectivity index (χ2n) is 4.81. The van der Waals surface area contributed by atoms with Crippen LogP contribution in [0.2, 0.25) is 0 Å². The highest BCUT2D eigenvalue weighted by atomic mass is 32.2. The van der Waals surface area contributed by atoms with Crippen molar-refractivity contribution < 1.29 is 13.2 Å². The van der Waals surface area contributed by atoms with Gasteiger partial charge in [-0.3, -0.25) is 0 Å². The van der Waals surface area contributed by atoms with Gasteiger partial charge in [-0.1, -0.05) is 17.7 Å². The third-order valence-corrected chi connectivity index (χ3v) is 5.18. The van der Waals surface area contributed by atoms with Gasteiger partial charge in [0.25, 0.3) is 0 Å².